The summed E-state index contributed by atoms with van der Waals surface area (Å²) in [6.07, 6.45) is 3.77. The molecule has 6 rings (SSSR count). The van der Waals surface area contributed by atoms with Crippen LogP contribution in [0.15, 0.2) is 84.9 Å². The quantitative estimate of drug-likeness (QED) is 0.511. The number of nitrogens with zero attached hydrogens (tertiary/aromatic N) is 2. The molecule has 1 atom stereocenters. The largest absolute Gasteiger partial charge is 0.495 e. The molecule has 0 amide bonds. The van der Waals surface area contributed by atoms with E-state index in [9.17, 15) is 0 Å². The Morgan fingerprint density at radius 2 is 1.39 bits per heavy atom. The molecule has 0 aromatic heterocycles. The fourth-order valence-electron chi connectivity index (χ4n) is 6.05. The van der Waals surface area contributed by atoms with Crippen molar-refractivity contribution in [2.75, 3.05) is 32.1 Å². The molecule has 3 nitrogen and oxygen atoms in total. The topological polar surface area (TPSA) is 15.7 Å². The molecule has 0 unspecified atom stereocenters. The molecule has 3 fully saturated rings. The van der Waals surface area contributed by atoms with Gasteiger partial charge in [0.1, 0.15) is 11.4 Å². The molecule has 31 heavy (non-hydrogen) atoms. The van der Waals surface area contributed by atoms with E-state index < -0.39 is 0 Å². The predicted octanol–water partition coefficient (Wildman–Crippen LogP) is 5.78. The molecule has 0 radical (unpaired) electrons. The van der Waals surface area contributed by atoms with E-state index in [4.69, 9.17) is 4.74 Å². The lowest BCUT2D eigenvalue weighted by atomic mass is 9.68. The Hall–Kier alpha value is -2.78. The number of anilines is 1. The molecule has 3 heterocycles. The summed E-state index contributed by atoms with van der Waals surface area (Å²) in [4.78, 5) is 5.28. The maximum Gasteiger partial charge on any atom is 0.142 e. The van der Waals surface area contributed by atoms with Crippen LogP contribution in [0.5, 0.6) is 5.75 Å². The van der Waals surface area contributed by atoms with Crippen molar-refractivity contribution in [3.63, 3.8) is 0 Å². The molecule has 2 bridgehead atoms. The number of rotatable bonds is 6. The zero-order chi connectivity index (χ0) is 21.3. The van der Waals surface area contributed by atoms with Crippen LogP contribution in [0.3, 0.4) is 0 Å². The van der Waals surface area contributed by atoms with Crippen molar-refractivity contribution < 1.29 is 4.74 Å². The van der Waals surface area contributed by atoms with Crippen LogP contribution in [-0.4, -0.2) is 37.8 Å². The summed E-state index contributed by atoms with van der Waals surface area (Å²) in [5.74, 6) is 1.94. The molecule has 0 aliphatic carbocycles. The van der Waals surface area contributed by atoms with Crippen LogP contribution in [-0.2, 0) is 0 Å². The van der Waals surface area contributed by atoms with Gasteiger partial charge in [-0.25, -0.2) is 0 Å². The zero-order valence-electron chi connectivity index (χ0n) is 18.6. The molecule has 0 spiro atoms. The summed E-state index contributed by atoms with van der Waals surface area (Å²) >= 11 is 0. The van der Waals surface area contributed by atoms with E-state index in [0.717, 1.165) is 36.9 Å². The minimum atomic E-state index is -0.140. The van der Waals surface area contributed by atoms with E-state index in [2.05, 4.69) is 102 Å². The minimum Gasteiger partial charge on any atom is -0.495 e. The van der Waals surface area contributed by atoms with Crippen LogP contribution in [0, 0.1) is 5.92 Å². The molecule has 3 aliphatic rings. The highest BCUT2D eigenvalue weighted by atomic mass is 16.5. The van der Waals surface area contributed by atoms with Gasteiger partial charge in [0, 0.05) is 26.1 Å². The smallest absolute Gasteiger partial charge is 0.142 e. The van der Waals surface area contributed by atoms with Crippen molar-refractivity contribution in [1.29, 1.82) is 0 Å². The standard InChI is InChI=1S/C28H32N2O/c1-29(25-15-9-10-16-26(25)31-2)28(21-22-17-19-30(28)20-18-22)27(23-11-5-3-6-12-23)24-13-7-4-8-14-24/h3-16,22,27H,17-21H2,1-2H3/t28-/m0/s1. The summed E-state index contributed by atoms with van der Waals surface area (Å²) in [5.41, 5.74) is 3.78. The summed E-state index contributed by atoms with van der Waals surface area (Å²) in [7, 11) is 4.05. The van der Waals surface area contributed by atoms with E-state index in [0.29, 0.717) is 0 Å². The third-order valence-corrected chi connectivity index (χ3v) is 7.51. The monoisotopic (exact) mass is 412 g/mol. The van der Waals surface area contributed by atoms with E-state index in [1.807, 2.05) is 0 Å². The Kier molecular flexibility index (Phi) is 5.45. The van der Waals surface area contributed by atoms with E-state index in [-0.39, 0.29) is 11.6 Å². The maximum absolute atomic E-state index is 5.81. The number of likely N-dealkylation sites (N-methyl/N-ethyl adjacent to an activating group) is 1. The number of ether oxygens (including phenoxy) is 1. The number of hydrogen-bond acceptors (Lipinski definition) is 3. The van der Waals surface area contributed by atoms with Gasteiger partial charge in [-0.1, -0.05) is 72.8 Å². The summed E-state index contributed by atoms with van der Waals surface area (Å²) in [6, 6.07) is 30.6. The molecule has 3 saturated heterocycles. The molecule has 0 saturated carbocycles. The fourth-order valence-corrected chi connectivity index (χ4v) is 6.05. The number of methoxy groups -OCH3 is 1. The fraction of sp³-hybridized carbons (Fsp3) is 0.357. The third kappa shape index (κ3) is 3.41. The number of benzene rings is 3. The number of hydrogen-bond donors (Lipinski definition) is 0. The maximum atomic E-state index is 5.81. The zero-order valence-corrected chi connectivity index (χ0v) is 18.6. The second-order valence-electron chi connectivity index (χ2n) is 9.00. The van der Waals surface area contributed by atoms with Crippen LogP contribution in [0.1, 0.15) is 36.3 Å². The molecular weight excluding hydrogens is 380 g/mol. The van der Waals surface area contributed by atoms with Gasteiger partial charge in [0.2, 0.25) is 0 Å². The lowest BCUT2D eigenvalue weighted by Crippen LogP contribution is -2.69. The molecule has 3 aliphatic heterocycles. The Labute approximate surface area is 186 Å². The van der Waals surface area contributed by atoms with Crippen LogP contribution < -0.4 is 9.64 Å². The predicted molar refractivity (Wildman–Crippen MR) is 128 cm³/mol. The van der Waals surface area contributed by atoms with Crippen molar-refractivity contribution in [2.24, 2.45) is 5.92 Å². The molecule has 160 valence electrons. The SMILES string of the molecule is COc1ccccc1N(C)[C@@]1(C(c2ccccc2)c2ccccc2)CC2CCN1CC2. The van der Waals surface area contributed by atoms with E-state index in [1.165, 1.54) is 24.0 Å². The van der Waals surface area contributed by atoms with Crippen molar-refractivity contribution in [1.82, 2.24) is 4.90 Å². The van der Waals surface area contributed by atoms with Gasteiger partial charge in [-0.15, -0.1) is 0 Å². The van der Waals surface area contributed by atoms with Crippen molar-refractivity contribution in [2.45, 2.75) is 30.8 Å². The van der Waals surface area contributed by atoms with Gasteiger partial charge in [-0.05, 0) is 48.4 Å². The Balaban J connectivity index is 1.73. The van der Waals surface area contributed by atoms with E-state index in [1.54, 1.807) is 7.11 Å². The Morgan fingerprint density at radius 1 is 0.839 bits per heavy atom. The second-order valence-corrected chi connectivity index (χ2v) is 9.00. The van der Waals surface area contributed by atoms with Gasteiger partial charge in [-0.2, -0.15) is 0 Å². The number of fused-ring (bicyclic) bond motifs is 3. The van der Waals surface area contributed by atoms with Gasteiger partial charge in [0.05, 0.1) is 12.8 Å². The molecule has 0 N–H and O–H groups in total. The van der Waals surface area contributed by atoms with Crippen LogP contribution >= 0.6 is 0 Å². The second kappa shape index (κ2) is 8.39. The average Bonchev–Trinajstić information content (AvgIpc) is 2.85. The van der Waals surface area contributed by atoms with Crippen molar-refractivity contribution >= 4 is 5.69 Å². The highest BCUT2D eigenvalue weighted by Gasteiger charge is 2.54. The van der Waals surface area contributed by atoms with Gasteiger partial charge in [-0.3, -0.25) is 4.90 Å². The Bertz CT molecular complexity index is 958. The molecule has 3 heteroatoms. The summed E-state index contributed by atoms with van der Waals surface area (Å²) in [5, 5.41) is 0. The van der Waals surface area contributed by atoms with Crippen molar-refractivity contribution in [3.05, 3.63) is 96.1 Å². The van der Waals surface area contributed by atoms with Crippen LogP contribution in [0.25, 0.3) is 0 Å². The first-order chi connectivity index (χ1) is 15.2. The van der Waals surface area contributed by atoms with Crippen LogP contribution in [0.4, 0.5) is 5.69 Å². The molecular formula is C28H32N2O. The average molecular weight is 413 g/mol. The summed E-state index contributed by atoms with van der Waals surface area (Å²) in [6.45, 7) is 2.31. The first-order valence-corrected chi connectivity index (χ1v) is 11.5. The lowest BCUT2D eigenvalue weighted by Gasteiger charge is -2.62. The Morgan fingerprint density at radius 3 is 1.90 bits per heavy atom. The van der Waals surface area contributed by atoms with Gasteiger partial charge < -0.3 is 9.64 Å². The highest BCUT2D eigenvalue weighted by molar-refractivity contribution is 5.61. The first kappa shape index (κ1) is 20.1. The molecule has 3 aromatic rings. The van der Waals surface area contributed by atoms with Crippen molar-refractivity contribution in [3.8, 4) is 5.75 Å². The minimum absolute atomic E-state index is 0.140. The van der Waals surface area contributed by atoms with Gasteiger partial charge in [0.15, 0.2) is 0 Å². The third-order valence-electron chi connectivity index (χ3n) is 7.51. The number of para-hydroxylation sites is 2. The molecule has 3 aromatic carbocycles. The normalized spacial score (nSPS) is 24.9. The van der Waals surface area contributed by atoms with E-state index >= 15 is 0 Å². The van der Waals surface area contributed by atoms with Gasteiger partial charge in [0.25, 0.3) is 0 Å². The summed E-state index contributed by atoms with van der Waals surface area (Å²) < 4.78 is 5.81. The van der Waals surface area contributed by atoms with Gasteiger partial charge >= 0.3 is 0 Å². The first-order valence-electron chi connectivity index (χ1n) is 11.5. The number of piperidine rings is 3. The lowest BCUT2D eigenvalue weighted by molar-refractivity contribution is -0.0390. The van der Waals surface area contributed by atoms with Crippen LogP contribution in [0.2, 0.25) is 0 Å². The highest BCUT2D eigenvalue weighted by Crippen LogP contribution is 2.52.